The normalized spacial score (nSPS) is 15.8. The molecule has 2 amide bonds. The lowest BCUT2D eigenvalue weighted by Gasteiger charge is -2.39. The van der Waals surface area contributed by atoms with Gasteiger partial charge in [0.25, 0.3) is 11.5 Å². The van der Waals surface area contributed by atoms with Gasteiger partial charge >= 0.3 is 0 Å². The molecule has 12 nitrogen and oxygen atoms in total. The van der Waals surface area contributed by atoms with Gasteiger partial charge in [-0.25, -0.2) is 14.4 Å². The summed E-state index contributed by atoms with van der Waals surface area (Å²) in [5, 5.41) is 12.2. The van der Waals surface area contributed by atoms with Crippen molar-refractivity contribution in [2.45, 2.75) is 19.5 Å². The van der Waals surface area contributed by atoms with E-state index in [0.29, 0.717) is 12.4 Å². The molecule has 4 N–H and O–H groups in total. The molecule has 1 atom stereocenters. The molecule has 1 aliphatic heterocycles. The van der Waals surface area contributed by atoms with Crippen LogP contribution in [0.5, 0.6) is 5.75 Å². The molecule has 220 valence electrons. The van der Waals surface area contributed by atoms with Crippen molar-refractivity contribution in [1.29, 1.82) is 0 Å². The van der Waals surface area contributed by atoms with Crippen LogP contribution >= 0.6 is 11.6 Å². The van der Waals surface area contributed by atoms with E-state index in [1.807, 2.05) is 18.9 Å². The van der Waals surface area contributed by atoms with E-state index in [1.165, 1.54) is 34.8 Å². The van der Waals surface area contributed by atoms with E-state index in [0.717, 1.165) is 25.2 Å². The third-order valence-electron chi connectivity index (χ3n) is 7.19. The van der Waals surface area contributed by atoms with E-state index >= 15 is 0 Å². The van der Waals surface area contributed by atoms with Crippen molar-refractivity contribution in [2.24, 2.45) is 12.8 Å². The van der Waals surface area contributed by atoms with Crippen LogP contribution in [0.25, 0.3) is 22.2 Å². The SMILES string of the molecule is C[C@H]1CN(C)CCN1c1cc(NC(=O)Cn2cc(-c3cc(F)c(O)c(C(N)=O)c3)c3c(=O)n(C)cnc32)c(Cl)c(F)n1. The van der Waals surface area contributed by atoms with Crippen LogP contribution < -0.4 is 21.5 Å². The molecule has 0 saturated carbocycles. The van der Waals surface area contributed by atoms with Gasteiger partial charge in [0, 0.05) is 50.6 Å². The van der Waals surface area contributed by atoms with Gasteiger partial charge < -0.3 is 35.1 Å². The molecule has 0 spiro atoms. The van der Waals surface area contributed by atoms with E-state index < -0.39 is 40.5 Å². The Morgan fingerprint density at radius 2 is 1.95 bits per heavy atom. The van der Waals surface area contributed by atoms with Gasteiger partial charge in [0.15, 0.2) is 11.6 Å². The standard InChI is InChI=1S/C27H27ClF2N8O4/c1-13-9-35(2)4-5-38(13)19-8-18(22(28)24(30)34-19)33-20(39)11-37-10-16(21-26(37)32-12-36(3)27(21)42)14-6-15(25(31)41)23(40)17(29)7-14/h6-8,10,12-13,40H,4-5,9,11H2,1-3H3,(H2,31,41)(H,33,34,39)/t13-/m0/s1. The highest BCUT2D eigenvalue weighted by molar-refractivity contribution is 6.33. The highest BCUT2D eigenvalue weighted by Crippen LogP contribution is 2.33. The molecule has 0 unspecified atom stereocenters. The van der Waals surface area contributed by atoms with Gasteiger partial charge in [-0.3, -0.25) is 14.4 Å². The number of amides is 2. The number of anilines is 2. The van der Waals surface area contributed by atoms with Crippen LogP contribution in [-0.2, 0) is 18.4 Å². The number of pyridine rings is 1. The molecular formula is C27H27ClF2N8O4. The van der Waals surface area contributed by atoms with Crippen LogP contribution in [0.15, 0.2) is 35.5 Å². The number of aromatic nitrogens is 4. The van der Waals surface area contributed by atoms with Gasteiger partial charge in [-0.05, 0) is 31.7 Å². The number of halogens is 3. The Labute approximate surface area is 242 Å². The fraction of sp³-hybridized carbons (Fsp3) is 0.296. The van der Waals surface area contributed by atoms with Crippen LogP contribution in [-0.4, -0.2) is 73.6 Å². The monoisotopic (exact) mass is 600 g/mol. The maximum Gasteiger partial charge on any atom is 0.263 e. The molecule has 0 bridgehead atoms. The van der Waals surface area contributed by atoms with E-state index in [9.17, 15) is 28.3 Å². The minimum Gasteiger partial charge on any atom is -0.504 e. The number of phenols is 1. The third-order valence-corrected chi connectivity index (χ3v) is 7.55. The molecule has 1 saturated heterocycles. The molecule has 1 aliphatic rings. The Kier molecular flexibility index (Phi) is 7.60. The zero-order chi connectivity index (χ0) is 30.5. The molecule has 15 heteroatoms. The molecule has 1 aromatic carbocycles. The Hall–Kier alpha value is -4.56. The summed E-state index contributed by atoms with van der Waals surface area (Å²) >= 11 is 6.16. The third kappa shape index (κ3) is 5.25. The van der Waals surface area contributed by atoms with Crippen molar-refractivity contribution >= 4 is 46.0 Å². The number of primary amides is 1. The first kappa shape index (κ1) is 29.0. The zero-order valence-corrected chi connectivity index (χ0v) is 23.6. The second-order valence-corrected chi connectivity index (χ2v) is 10.6. The van der Waals surface area contributed by atoms with Gasteiger partial charge in [0.05, 0.1) is 23.0 Å². The predicted octanol–water partition coefficient (Wildman–Crippen LogP) is 2.31. The molecule has 0 aliphatic carbocycles. The summed E-state index contributed by atoms with van der Waals surface area (Å²) < 4.78 is 31.8. The number of nitrogens with two attached hydrogens (primary N) is 1. The number of hydrogen-bond donors (Lipinski definition) is 3. The number of carbonyl (C=O) groups is 2. The number of hydrogen-bond acceptors (Lipinski definition) is 8. The molecule has 42 heavy (non-hydrogen) atoms. The van der Waals surface area contributed by atoms with Crippen molar-refractivity contribution < 1.29 is 23.5 Å². The Morgan fingerprint density at radius 3 is 2.64 bits per heavy atom. The number of aromatic hydroxyl groups is 1. The van der Waals surface area contributed by atoms with E-state index in [1.54, 1.807) is 0 Å². The summed E-state index contributed by atoms with van der Waals surface area (Å²) in [6.45, 7) is 3.70. The number of piperazine rings is 1. The number of fused-ring (bicyclic) bond motifs is 1. The van der Waals surface area contributed by atoms with Crippen molar-refractivity contribution in [1.82, 2.24) is 24.0 Å². The number of likely N-dealkylation sites (N-methyl/N-ethyl adjacent to an activating group) is 1. The zero-order valence-electron chi connectivity index (χ0n) is 22.9. The van der Waals surface area contributed by atoms with Crippen LogP contribution in [0.1, 0.15) is 17.3 Å². The van der Waals surface area contributed by atoms with Crippen LogP contribution in [0, 0.1) is 11.8 Å². The summed E-state index contributed by atoms with van der Waals surface area (Å²) in [7, 11) is 3.46. The molecular weight excluding hydrogens is 574 g/mol. The topological polar surface area (TPSA) is 152 Å². The summed E-state index contributed by atoms with van der Waals surface area (Å²) in [5.74, 6) is -4.36. The fourth-order valence-corrected chi connectivity index (χ4v) is 5.24. The van der Waals surface area contributed by atoms with Crippen molar-refractivity contribution in [3.63, 3.8) is 0 Å². The summed E-state index contributed by atoms with van der Waals surface area (Å²) in [4.78, 5) is 50.4. The number of benzene rings is 1. The van der Waals surface area contributed by atoms with Gasteiger partial charge in [-0.1, -0.05) is 11.6 Å². The lowest BCUT2D eigenvalue weighted by molar-refractivity contribution is -0.116. The predicted molar refractivity (Wildman–Crippen MR) is 153 cm³/mol. The first-order valence-electron chi connectivity index (χ1n) is 12.8. The van der Waals surface area contributed by atoms with Gasteiger partial charge in [-0.15, -0.1) is 0 Å². The number of nitrogens with zero attached hydrogens (tertiary/aromatic N) is 6. The van der Waals surface area contributed by atoms with E-state index in [4.69, 9.17) is 17.3 Å². The minimum atomic E-state index is -1.12. The van der Waals surface area contributed by atoms with Crippen molar-refractivity contribution in [2.75, 3.05) is 36.9 Å². The molecule has 4 heterocycles. The molecule has 4 aromatic rings. The van der Waals surface area contributed by atoms with Gasteiger partial charge in [0.1, 0.15) is 23.0 Å². The Morgan fingerprint density at radius 1 is 1.21 bits per heavy atom. The quantitative estimate of drug-likeness (QED) is 0.285. The van der Waals surface area contributed by atoms with Crippen molar-refractivity contribution in [3.05, 3.63) is 63.4 Å². The maximum absolute atomic E-state index is 14.7. The molecule has 0 radical (unpaired) electrons. The van der Waals surface area contributed by atoms with Gasteiger partial charge in [-0.2, -0.15) is 4.39 Å². The second kappa shape index (κ2) is 11.0. The summed E-state index contributed by atoms with van der Waals surface area (Å²) in [6.07, 6.45) is 2.65. The minimum absolute atomic E-state index is 0.0163. The largest absolute Gasteiger partial charge is 0.504 e. The average Bonchev–Trinajstić information content (AvgIpc) is 3.28. The highest BCUT2D eigenvalue weighted by Gasteiger charge is 2.26. The van der Waals surface area contributed by atoms with Crippen LogP contribution in [0.2, 0.25) is 5.02 Å². The van der Waals surface area contributed by atoms with Crippen LogP contribution in [0.4, 0.5) is 20.3 Å². The number of rotatable bonds is 6. The van der Waals surface area contributed by atoms with Gasteiger partial charge in [0.2, 0.25) is 11.9 Å². The summed E-state index contributed by atoms with van der Waals surface area (Å²) in [5.41, 5.74) is 4.61. The number of nitrogens with one attached hydrogen (secondary N) is 1. The first-order chi connectivity index (χ1) is 19.8. The van der Waals surface area contributed by atoms with Crippen molar-refractivity contribution in [3.8, 4) is 16.9 Å². The lowest BCUT2D eigenvalue weighted by atomic mass is 10.0. The Balaban J connectivity index is 1.51. The number of carbonyl (C=O) groups excluding carboxylic acids is 2. The summed E-state index contributed by atoms with van der Waals surface area (Å²) in [6, 6.07) is 3.63. The van der Waals surface area contributed by atoms with E-state index in [2.05, 4.69) is 20.2 Å². The Bertz CT molecular complexity index is 1810. The lowest BCUT2D eigenvalue weighted by Crippen LogP contribution is -2.50. The average molecular weight is 601 g/mol. The van der Waals surface area contributed by atoms with Crippen LogP contribution in [0.3, 0.4) is 0 Å². The fourth-order valence-electron chi connectivity index (χ4n) is 5.10. The smallest absolute Gasteiger partial charge is 0.263 e. The highest BCUT2D eigenvalue weighted by atomic mass is 35.5. The maximum atomic E-state index is 14.7. The molecule has 3 aromatic heterocycles. The molecule has 5 rings (SSSR count). The van der Waals surface area contributed by atoms with E-state index in [-0.39, 0.29) is 45.5 Å². The number of aryl methyl sites for hydroxylation is 1. The second-order valence-electron chi connectivity index (χ2n) is 10.2. The first-order valence-corrected chi connectivity index (χ1v) is 13.2. The molecule has 1 fully saturated rings.